The second kappa shape index (κ2) is 40.0. The van der Waals surface area contributed by atoms with E-state index < -0.39 is 24.3 Å². The van der Waals surface area contributed by atoms with Crippen LogP contribution in [0.2, 0.25) is 0 Å². The van der Waals surface area contributed by atoms with Gasteiger partial charge in [0.15, 0.2) is 6.10 Å². The van der Waals surface area contributed by atoms with E-state index in [1.807, 2.05) is 21.1 Å². The summed E-state index contributed by atoms with van der Waals surface area (Å²) >= 11 is 0. The van der Waals surface area contributed by atoms with E-state index in [0.29, 0.717) is 23.9 Å². The number of carboxylic acids is 1. The number of hydrogen-bond donors (Lipinski definition) is 1. The third kappa shape index (κ3) is 41.2. The minimum atomic E-state index is -1.52. The number of hydrogen-bond acceptors (Lipinski definition) is 7. The maximum Gasteiger partial charge on any atom is 0.361 e. The molecule has 9 nitrogen and oxygen atoms in total. The zero-order valence-electron chi connectivity index (χ0n) is 37.2. The Labute approximate surface area is 349 Å². The highest BCUT2D eigenvalue weighted by molar-refractivity contribution is 5.71. The van der Waals surface area contributed by atoms with Gasteiger partial charge in [-0.3, -0.25) is 9.59 Å². The van der Waals surface area contributed by atoms with Crippen LogP contribution in [0, 0.1) is 0 Å². The molecule has 0 saturated heterocycles. The Bertz CT molecular complexity index is 1080. The van der Waals surface area contributed by atoms with Gasteiger partial charge in [0.05, 0.1) is 34.4 Å². The first-order chi connectivity index (χ1) is 27.6. The van der Waals surface area contributed by atoms with E-state index in [1.54, 1.807) is 0 Å². The van der Waals surface area contributed by atoms with Crippen LogP contribution in [0.1, 0.15) is 181 Å². The first-order valence-electron chi connectivity index (χ1n) is 22.8. The molecule has 0 aromatic rings. The van der Waals surface area contributed by atoms with Gasteiger partial charge in [-0.15, -0.1) is 0 Å². The number of quaternary nitrogens is 1. The molecule has 0 heterocycles. The average molecular weight is 805 g/mol. The third-order valence-electron chi connectivity index (χ3n) is 9.57. The summed E-state index contributed by atoms with van der Waals surface area (Å²) in [5.41, 5.74) is 0. The Balaban J connectivity index is 4.42. The molecular weight excluding hydrogens is 719 g/mol. The molecule has 1 N–H and O–H groups in total. The molecule has 330 valence electrons. The van der Waals surface area contributed by atoms with Gasteiger partial charge >= 0.3 is 17.9 Å². The molecule has 0 aromatic carbocycles. The van der Waals surface area contributed by atoms with E-state index in [9.17, 15) is 19.5 Å². The summed E-state index contributed by atoms with van der Waals surface area (Å²) in [6, 6.07) is 0. The van der Waals surface area contributed by atoms with Crippen LogP contribution in [0.3, 0.4) is 0 Å². The first-order valence-corrected chi connectivity index (χ1v) is 22.8. The lowest BCUT2D eigenvalue weighted by atomic mass is 10.1. The molecule has 9 heteroatoms. The van der Waals surface area contributed by atoms with Gasteiger partial charge in [-0.1, -0.05) is 146 Å². The van der Waals surface area contributed by atoms with Gasteiger partial charge < -0.3 is 28.5 Å². The predicted molar refractivity (Wildman–Crippen MR) is 235 cm³/mol. The second-order valence-electron chi connectivity index (χ2n) is 16.3. The second-order valence-corrected chi connectivity index (χ2v) is 16.3. The van der Waals surface area contributed by atoms with Gasteiger partial charge in [-0.05, 0) is 70.6 Å². The number of carboxylic acid groups (broad SMARTS) is 1. The SMILES string of the molecule is CC/C=C\C/C=C\C/C=C\CCCCCC(=O)OC(COC(=O)CCCCCCCCCCC/C=C\CCCCCCCC)COC(OCC[N+](C)(C)C)C(=O)O. The molecule has 0 aliphatic rings. The van der Waals surface area contributed by atoms with Crippen molar-refractivity contribution >= 4 is 17.9 Å². The molecule has 0 radical (unpaired) electrons. The minimum absolute atomic E-state index is 0.180. The summed E-state index contributed by atoms with van der Waals surface area (Å²) in [5, 5.41) is 9.63. The van der Waals surface area contributed by atoms with Crippen molar-refractivity contribution in [1.29, 1.82) is 0 Å². The average Bonchev–Trinajstić information content (AvgIpc) is 3.17. The van der Waals surface area contributed by atoms with E-state index in [-0.39, 0.29) is 32.2 Å². The normalized spacial score (nSPS) is 13.4. The van der Waals surface area contributed by atoms with Crippen LogP contribution in [0.25, 0.3) is 0 Å². The maximum atomic E-state index is 12.7. The molecule has 0 aliphatic heterocycles. The zero-order chi connectivity index (χ0) is 42.1. The number of allylic oxidation sites excluding steroid dienone is 8. The molecule has 0 bridgehead atoms. The molecule has 0 rings (SSSR count). The summed E-state index contributed by atoms with van der Waals surface area (Å²) in [4.78, 5) is 37.1. The van der Waals surface area contributed by atoms with E-state index in [2.05, 4.69) is 62.5 Å². The quantitative estimate of drug-likeness (QED) is 0.0214. The van der Waals surface area contributed by atoms with Gasteiger partial charge in [-0.25, -0.2) is 4.79 Å². The van der Waals surface area contributed by atoms with Gasteiger partial charge in [0.1, 0.15) is 13.2 Å². The topological polar surface area (TPSA) is 108 Å². The highest BCUT2D eigenvalue weighted by Gasteiger charge is 2.25. The highest BCUT2D eigenvalue weighted by atomic mass is 16.7. The largest absolute Gasteiger partial charge is 0.477 e. The number of carbonyl (C=O) groups is 3. The van der Waals surface area contributed by atoms with Crippen molar-refractivity contribution < 1.29 is 42.9 Å². The van der Waals surface area contributed by atoms with Crippen molar-refractivity contribution in [3.63, 3.8) is 0 Å². The molecule has 2 unspecified atom stereocenters. The summed E-state index contributed by atoms with van der Waals surface area (Å²) in [6.07, 6.45) is 43.2. The number of unbranched alkanes of at least 4 members (excludes halogenated alkanes) is 18. The smallest absolute Gasteiger partial charge is 0.361 e. The van der Waals surface area contributed by atoms with Crippen LogP contribution in [0.4, 0.5) is 0 Å². The van der Waals surface area contributed by atoms with Crippen molar-refractivity contribution in [2.75, 3.05) is 47.5 Å². The van der Waals surface area contributed by atoms with E-state index in [4.69, 9.17) is 18.9 Å². The Morgan fingerprint density at radius 3 is 1.53 bits per heavy atom. The van der Waals surface area contributed by atoms with Crippen LogP contribution in [0.5, 0.6) is 0 Å². The van der Waals surface area contributed by atoms with Crippen LogP contribution < -0.4 is 0 Å². The molecule has 0 aromatic heterocycles. The molecule has 0 spiro atoms. The lowest BCUT2D eigenvalue weighted by molar-refractivity contribution is -0.870. The predicted octanol–water partition coefficient (Wildman–Crippen LogP) is 12.0. The summed E-state index contributed by atoms with van der Waals surface area (Å²) in [5.74, 6) is -2.05. The fraction of sp³-hybridized carbons (Fsp3) is 0.771. The number of likely N-dealkylation sites (N-methyl/N-ethyl adjacent to an activating group) is 1. The Hall–Kier alpha value is -2.75. The summed E-state index contributed by atoms with van der Waals surface area (Å²) in [7, 11) is 5.94. The molecule has 0 amide bonds. The van der Waals surface area contributed by atoms with Crippen molar-refractivity contribution in [3.8, 4) is 0 Å². The number of ether oxygens (including phenoxy) is 4. The Morgan fingerprint density at radius 2 is 1.00 bits per heavy atom. The third-order valence-corrected chi connectivity index (χ3v) is 9.57. The van der Waals surface area contributed by atoms with Crippen molar-refractivity contribution in [2.24, 2.45) is 0 Å². The number of carbonyl (C=O) groups excluding carboxylic acids is 2. The van der Waals surface area contributed by atoms with Crippen LogP contribution in [-0.2, 0) is 33.3 Å². The molecule has 2 atom stereocenters. The molecule has 0 saturated carbocycles. The van der Waals surface area contributed by atoms with E-state index in [1.165, 1.54) is 89.9 Å². The van der Waals surface area contributed by atoms with E-state index in [0.717, 1.165) is 57.8 Å². The fourth-order valence-corrected chi connectivity index (χ4v) is 6.02. The van der Waals surface area contributed by atoms with E-state index >= 15 is 0 Å². The van der Waals surface area contributed by atoms with Gasteiger partial charge in [0.2, 0.25) is 0 Å². The molecule has 0 fully saturated rings. The number of aliphatic carboxylic acids is 1. The first kappa shape index (κ1) is 54.2. The van der Waals surface area contributed by atoms with Crippen molar-refractivity contribution in [2.45, 2.75) is 193 Å². The standard InChI is InChI=1S/C48H85NO8/c1-6-8-10-12-14-16-18-20-21-22-23-24-25-27-28-30-32-34-36-38-45(50)55-42-44(43-56-48(47(52)53)54-41-40-49(3,4)5)57-46(51)39-37-35-33-31-29-26-19-17-15-13-11-9-7-2/h9,11,15,17,20-21,26,29,44,48H,6-8,10,12-14,16,18-19,22-25,27-28,30-43H2,1-5H3/p+1/b11-9-,17-15-,21-20-,29-26-. The van der Waals surface area contributed by atoms with Gasteiger partial charge in [0.25, 0.3) is 6.29 Å². The van der Waals surface area contributed by atoms with Gasteiger partial charge in [-0.2, -0.15) is 0 Å². The lowest BCUT2D eigenvalue weighted by Gasteiger charge is -2.25. The molecule has 0 aliphatic carbocycles. The van der Waals surface area contributed by atoms with Crippen molar-refractivity contribution in [3.05, 3.63) is 48.6 Å². The van der Waals surface area contributed by atoms with Crippen LogP contribution >= 0.6 is 0 Å². The van der Waals surface area contributed by atoms with Gasteiger partial charge in [0, 0.05) is 12.8 Å². The highest BCUT2D eigenvalue weighted by Crippen LogP contribution is 2.14. The van der Waals surface area contributed by atoms with Crippen molar-refractivity contribution in [1.82, 2.24) is 0 Å². The maximum absolute atomic E-state index is 12.7. The van der Waals surface area contributed by atoms with Crippen LogP contribution in [0.15, 0.2) is 48.6 Å². The Morgan fingerprint density at radius 1 is 0.544 bits per heavy atom. The number of esters is 2. The fourth-order valence-electron chi connectivity index (χ4n) is 6.02. The number of rotatable bonds is 41. The lowest BCUT2D eigenvalue weighted by Crippen LogP contribution is -2.40. The van der Waals surface area contributed by atoms with Crippen LogP contribution in [-0.4, -0.2) is 87.4 Å². The zero-order valence-corrected chi connectivity index (χ0v) is 37.2. The monoisotopic (exact) mass is 805 g/mol. The molecule has 57 heavy (non-hydrogen) atoms. The molecular formula is C48H86NO8+. The Kier molecular flexibility index (Phi) is 38.1. The minimum Gasteiger partial charge on any atom is -0.477 e. The number of nitrogens with zero attached hydrogens (tertiary/aromatic N) is 1. The summed E-state index contributed by atoms with van der Waals surface area (Å²) in [6.45, 7) is 4.71. The summed E-state index contributed by atoms with van der Waals surface area (Å²) < 4.78 is 22.7.